The summed E-state index contributed by atoms with van der Waals surface area (Å²) in [5, 5.41) is 3.63. The van der Waals surface area contributed by atoms with Gasteiger partial charge in [-0.3, -0.25) is 0 Å². The highest BCUT2D eigenvalue weighted by molar-refractivity contribution is 5.48. The average molecular weight is 287 g/mol. The largest absolute Gasteiger partial charge is 0.310 e. The smallest absolute Gasteiger partial charge is 0.0292 e. The maximum Gasteiger partial charge on any atom is 0.0292 e. The van der Waals surface area contributed by atoms with E-state index in [1.54, 1.807) is 0 Å². The summed E-state index contributed by atoms with van der Waals surface area (Å²) in [5.74, 6) is 0. The third kappa shape index (κ3) is 8.06. The lowest BCUT2D eigenvalue weighted by Gasteiger charge is -2.14. The van der Waals surface area contributed by atoms with Crippen molar-refractivity contribution < 1.29 is 0 Å². The predicted octanol–water partition coefficient (Wildman–Crippen LogP) is 6.12. The molecule has 0 spiro atoms. The van der Waals surface area contributed by atoms with Gasteiger partial charge in [-0.2, -0.15) is 0 Å². The minimum Gasteiger partial charge on any atom is -0.310 e. The monoisotopic (exact) mass is 287 g/mol. The SMILES string of the molecule is C=Cc1cccc([C@@H](C)NCCCCCCCCCC)c1. The van der Waals surface area contributed by atoms with Crippen LogP contribution in [0, 0.1) is 0 Å². The lowest BCUT2D eigenvalue weighted by atomic mass is 10.0. The van der Waals surface area contributed by atoms with Crippen LogP contribution in [0.3, 0.4) is 0 Å². The van der Waals surface area contributed by atoms with Crippen LogP contribution in [0.15, 0.2) is 30.8 Å². The molecule has 0 saturated heterocycles. The molecule has 1 aromatic rings. The average Bonchev–Trinajstić information content (AvgIpc) is 2.53. The minimum atomic E-state index is 0.425. The highest BCUT2D eigenvalue weighted by atomic mass is 14.9. The Kier molecular flexibility index (Phi) is 9.90. The second kappa shape index (κ2) is 11.6. The number of benzene rings is 1. The molecular formula is C20H33N. The van der Waals surface area contributed by atoms with Crippen molar-refractivity contribution in [1.82, 2.24) is 5.32 Å². The van der Waals surface area contributed by atoms with E-state index in [0.717, 1.165) is 6.54 Å². The van der Waals surface area contributed by atoms with Crippen LogP contribution in [0.25, 0.3) is 6.08 Å². The molecule has 0 heterocycles. The number of hydrogen-bond donors (Lipinski definition) is 1. The van der Waals surface area contributed by atoms with E-state index in [1.165, 1.54) is 62.5 Å². The van der Waals surface area contributed by atoms with Crippen LogP contribution in [-0.4, -0.2) is 6.54 Å². The fourth-order valence-corrected chi connectivity index (χ4v) is 2.65. The van der Waals surface area contributed by atoms with Gasteiger partial charge in [0.15, 0.2) is 0 Å². The Morgan fingerprint density at radius 2 is 1.71 bits per heavy atom. The van der Waals surface area contributed by atoms with E-state index in [2.05, 4.69) is 50.0 Å². The molecule has 0 unspecified atom stereocenters. The molecule has 1 atom stereocenters. The molecule has 0 fully saturated rings. The molecule has 1 rings (SSSR count). The van der Waals surface area contributed by atoms with Crippen molar-refractivity contribution >= 4 is 6.08 Å². The maximum absolute atomic E-state index is 3.83. The molecule has 118 valence electrons. The second-order valence-electron chi connectivity index (χ2n) is 6.02. The summed E-state index contributed by atoms with van der Waals surface area (Å²) in [4.78, 5) is 0. The summed E-state index contributed by atoms with van der Waals surface area (Å²) in [6.45, 7) is 9.47. The van der Waals surface area contributed by atoms with Gasteiger partial charge in [-0.15, -0.1) is 0 Å². The molecule has 0 aliphatic carbocycles. The number of unbranched alkanes of at least 4 members (excludes halogenated alkanes) is 7. The first kappa shape index (κ1) is 18.0. The lowest BCUT2D eigenvalue weighted by Crippen LogP contribution is -2.19. The summed E-state index contributed by atoms with van der Waals surface area (Å²) in [6.07, 6.45) is 13.0. The zero-order chi connectivity index (χ0) is 15.3. The first-order valence-corrected chi connectivity index (χ1v) is 8.73. The fraction of sp³-hybridized carbons (Fsp3) is 0.600. The molecule has 0 saturated carbocycles. The lowest BCUT2D eigenvalue weighted by molar-refractivity contribution is 0.521. The van der Waals surface area contributed by atoms with E-state index >= 15 is 0 Å². The van der Waals surface area contributed by atoms with Crippen molar-refractivity contribution in [3.05, 3.63) is 42.0 Å². The van der Waals surface area contributed by atoms with Crippen LogP contribution in [-0.2, 0) is 0 Å². The van der Waals surface area contributed by atoms with E-state index in [-0.39, 0.29) is 0 Å². The third-order valence-electron chi connectivity index (χ3n) is 4.13. The fourth-order valence-electron chi connectivity index (χ4n) is 2.65. The zero-order valence-corrected chi connectivity index (χ0v) is 14.0. The summed E-state index contributed by atoms with van der Waals surface area (Å²) in [5.41, 5.74) is 2.56. The van der Waals surface area contributed by atoms with E-state index < -0.39 is 0 Å². The highest BCUT2D eigenvalue weighted by Gasteiger charge is 2.04. The summed E-state index contributed by atoms with van der Waals surface area (Å²) >= 11 is 0. The molecule has 0 bridgehead atoms. The molecule has 1 N–H and O–H groups in total. The van der Waals surface area contributed by atoms with Gasteiger partial charge in [0.05, 0.1) is 0 Å². The molecule has 0 aliphatic rings. The Morgan fingerprint density at radius 1 is 1.05 bits per heavy atom. The molecular weight excluding hydrogens is 254 g/mol. The van der Waals surface area contributed by atoms with Crippen molar-refractivity contribution in [2.24, 2.45) is 0 Å². The molecule has 1 heteroatoms. The van der Waals surface area contributed by atoms with Crippen molar-refractivity contribution in [3.63, 3.8) is 0 Å². The predicted molar refractivity (Wildman–Crippen MR) is 95.6 cm³/mol. The van der Waals surface area contributed by atoms with Gasteiger partial charge in [0.2, 0.25) is 0 Å². The van der Waals surface area contributed by atoms with Crippen molar-refractivity contribution in [2.45, 2.75) is 71.3 Å². The second-order valence-corrected chi connectivity index (χ2v) is 6.02. The topological polar surface area (TPSA) is 12.0 Å². The normalized spacial score (nSPS) is 12.3. The summed E-state index contributed by atoms with van der Waals surface area (Å²) in [6, 6.07) is 9.05. The van der Waals surface area contributed by atoms with Crippen LogP contribution in [0.2, 0.25) is 0 Å². The van der Waals surface area contributed by atoms with E-state index in [9.17, 15) is 0 Å². The zero-order valence-electron chi connectivity index (χ0n) is 14.0. The van der Waals surface area contributed by atoms with Gasteiger partial charge in [-0.05, 0) is 31.0 Å². The van der Waals surface area contributed by atoms with E-state index in [1.807, 2.05) is 6.08 Å². The van der Waals surface area contributed by atoms with Crippen molar-refractivity contribution in [1.29, 1.82) is 0 Å². The Labute approximate surface area is 131 Å². The van der Waals surface area contributed by atoms with E-state index in [0.29, 0.717) is 6.04 Å². The van der Waals surface area contributed by atoms with Crippen LogP contribution in [0.5, 0.6) is 0 Å². The Hall–Kier alpha value is -1.08. The Balaban J connectivity index is 2.08. The first-order chi connectivity index (χ1) is 10.3. The van der Waals surface area contributed by atoms with Crippen LogP contribution >= 0.6 is 0 Å². The van der Waals surface area contributed by atoms with Gasteiger partial charge in [0.25, 0.3) is 0 Å². The van der Waals surface area contributed by atoms with E-state index in [4.69, 9.17) is 0 Å². The van der Waals surface area contributed by atoms with Gasteiger partial charge in [-0.25, -0.2) is 0 Å². The van der Waals surface area contributed by atoms with Crippen LogP contribution in [0.1, 0.15) is 82.4 Å². The van der Waals surface area contributed by atoms with Crippen LogP contribution < -0.4 is 5.32 Å². The highest BCUT2D eigenvalue weighted by Crippen LogP contribution is 2.15. The summed E-state index contributed by atoms with van der Waals surface area (Å²) in [7, 11) is 0. The third-order valence-corrected chi connectivity index (χ3v) is 4.13. The first-order valence-electron chi connectivity index (χ1n) is 8.73. The number of nitrogens with one attached hydrogen (secondary N) is 1. The molecule has 0 amide bonds. The Bertz CT molecular complexity index is 383. The molecule has 0 radical (unpaired) electrons. The molecule has 1 nitrogen and oxygen atoms in total. The summed E-state index contributed by atoms with van der Waals surface area (Å²) < 4.78 is 0. The van der Waals surface area contributed by atoms with Gasteiger partial charge >= 0.3 is 0 Å². The minimum absolute atomic E-state index is 0.425. The molecule has 21 heavy (non-hydrogen) atoms. The van der Waals surface area contributed by atoms with Crippen molar-refractivity contribution in [3.8, 4) is 0 Å². The Morgan fingerprint density at radius 3 is 2.38 bits per heavy atom. The van der Waals surface area contributed by atoms with Crippen molar-refractivity contribution in [2.75, 3.05) is 6.54 Å². The maximum atomic E-state index is 3.83. The van der Waals surface area contributed by atoms with Gasteiger partial charge in [0.1, 0.15) is 0 Å². The quantitative estimate of drug-likeness (QED) is 0.457. The van der Waals surface area contributed by atoms with Gasteiger partial charge < -0.3 is 5.32 Å². The van der Waals surface area contributed by atoms with Crippen LogP contribution in [0.4, 0.5) is 0 Å². The molecule has 1 aromatic carbocycles. The number of hydrogen-bond acceptors (Lipinski definition) is 1. The van der Waals surface area contributed by atoms with Gasteiger partial charge in [-0.1, -0.05) is 88.8 Å². The standard InChI is InChI=1S/C20H33N/c1-4-6-7-8-9-10-11-12-16-21-18(3)20-15-13-14-19(5-2)17-20/h5,13-15,17-18,21H,2,4,6-12,16H2,1,3H3/t18-/m1/s1. The van der Waals surface area contributed by atoms with Gasteiger partial charge in [0, 0.05) is 6.04 Å². The molecule has 0 aliphatic heterocycles. The molecule has 0 aromatic heterocycles. The number of rotatable bonds is 12.